The monoisotopic (exact) mass is 794 g/mol. The Morgan fingerprint density at radius 2 is 0.732 bits per heavy atom. The van der Waals surface area contributed by atoms with Gasteiger partial charge < -0.3 is 20.3 Å². The van der Waals surface area contributed by atoms with Crippen LogP contribution in [0.3, 0.4) is 0 Å². The lowest BCUT2D eigenvalue weighted by molar-refractivity contribution is -0.143. The normalized spacial score (nSPS) is 12.6. The van der Waals surface area contributed by atoms with Crippen LogP contribution in [0.5, 0.6) is 0 Å². The highest BCUT2D eigenvalue weighted by Gasteiger charge is 2.20. The molecule has 0 spiro atoms. The molecule has 0 aromatic rings. The van der Waals surface area contributed by atoms with E-state index in [1.165, 1.54) is 193 Å². The molecule has 0 heterocycles. The van der Waals surface area contributed by atoms with Gasteiger partial charge in [-0.3, -0.25) is 9.59 Å². The van der Waals surface area contributed by atoms with Gasteiger partial charge in [-0.05, 0) is 25.7 Å². The molecule has 0 saturated carbocycles. The van der Waals surface area contributed by atoms with Gasteiger partial charge in [-0.1, -0.05) is 245 Å². The molecule has 1 amide bonds. The molecule has 0 fully saturated rings. The Morgan fingerprint density at radius 1 is 0.429 bits per heavy atom. The zero-order valence-electron chi connectivity index (χ0n) is 37.9. The van der Waals surface area contributed by atoms with E-state index in [2.05, 4.69) is 19.2 Å². The first-order valence-electron chi connectivity index (χ1n) is 25.3. The Balaban J connectivity index is 3.44. The fraction of sp³-hybridized carbons (Fsp3) is 0.960. The molecule has 0 aliphatic heterocycles. The highest BCUT2D eigenvalue weighted by atomic mass is 16.5. The maximum Gasteiger partial charge on any atom is 0.305 e. The minimum absolute atomic E-state index is 0.0103. The van der Waals surface area contributed by atoms with E-state index < -0.39 is 12.1 Å². The number of unbranched alkanes of at least 4 members (excludes halogenated alkanes) is 36. The van der Waals surface area contributed by atoms with E-state index in [0.29, 0.717) is 25.9 Å². The third kappa shape index (κ3) is 42.5. The topological polar surface area (TPSA) is 95.9 Å². The smallest absolute Gasteiger partial charge is 0.305 e. The van der Waals surface area contributed by atoms with Crippen LogP contribution in [0.1, 0.15) is 284 Å². The first-order valence-corrected chi connectivity index (χ1v) is 25.3. The summed E-state index contributed by atoms with van der Waals surface area (Å²) in [4.78, 5) is 24.5. The molecule has 0 saturated heterocycles. The summed E-state index contributed by atoms with van der Waals surface area (Å²) in [5, 5.41) is 23.2. The predicted molar refractivity (Wildman–Crippen MR) is 241 cm³/mol. The molecule has 56 heavy (non-hydrogen) atoms. The summed E-state index contributed by atoms with van der Waals surface area (Å²) in [6.45, 7) is 4.92. The van der Waals surface area contributed by atoms with Crippen LogP contribution in [0, 0.1) is 0 Å². The summed E-state index contributed by atoms with van der Waals surface area (Å²) in [6, 6.07) is -0.552. The van der Waals surface area contributed by atoms with E-state index in [-0.39, 0.29) is 18.5 Å². The average Bonchev–Trinajstić information content (AvgIpc) is 3.20. The van der Waals surface area contributed by atoms with Gasteiger partial charge in [0.1, 0.15) is 0 Å². The second-order valence-corrected chi connectivity index (χ2v) is 17.5. The molecule has 0 radical (unpaired) electrons. The first kappa shape index (κ1) is 54.9. The van der Waals surface area contributed by atoms with Gasteiger partial charge in [0.25, 0.3) is 0 Å². The molecule has 3 N–H and O–H groups in total. The Kier molecular flexibility index (Phi) is 45.6. The predicted octanol–water partition coefficient (Wildman–Crippen LogP) is 14.8. The van der Waals surface area contributed by atoms with Gasteiger partial charge in [0.05, 0.1) is 25.4 Å². The van der Waals surface area contributed by atoms with Crippen LogP contribution >= 0.6 is 0 Å². The molecule has 6 nitrogen and oxygen atoms in total. The van der Waals surface area contributed by atoms with Crippen molar-refractivity contribution in [1.82, 2.24) is 5.32 Å². The Bertz CT molecular complexity index is 791. The fourth-order valence-corrected chi connectivity index (χ4v) is 7.99. The van der Waals surface area contributed by atoms with Crippen molar-refractivity contribution >= 4 is 11.9 Å². The third-order valence-corrected chi connectivity index (χ3v) is 11.9. The molecule has 0 rings (SSSR count). The lowest BCUT2D eigenvalue weighted by Crippen LogP contribution is -2.45. The third-order valence-electron chi connectivity index (χ3n) is 11.9. The number of aliphatic hydroxyl groups is 2. The molecule has 334 valence electrons. The molecule has 0 aliphatic rings. The van der Waals surface area contributed by atoms with Crippen LogP contribution in [0.15, 0.2) is 0 Å². The molecular formula is C50H99NO5. The van der Waals surface area contributed by atoms with Gasteiger partial charge in [0.15, 0.2) is 0 Å². The SMILES string of the molecule is CCCCCCCCCCCCCCCCCC(=O)OCCCCCCCCCCCCCC(=O)NC(CO)C(O)CCCCCCCCCCCCCCC. The van der Waals surface area contributed by atoms with Crippen LogP contribution < -0.4 is 5.32 Å². The number of rotatable bonds is 47. The van der Waals surface area contributed by atoms with Crippen molar-refractivity contribution in [2.45, 2.75) is 296 Å². The highest BCUT2D eigenvalue weighted by molar-refractivity contribution is 5.76. The molecule has 2 unspecified atom stereocenters. The van der Waals surface area contributed by atoms with Crippen molar-refractivity contribution in [3.05, 3.63) is 0 Å². The molecule has 0 aromatic heterocycles. The summed E-state index contributed by atoms with van der Waals surface area (Å²) >= 11 is 0. The minimum Gasteiger partial charge on any atom is -0.466 e. The Morgan fingerprint density at radius 3 is 1.09 bits per heavy atom. The summed E-state index contributed by atoms with van der Waals surface area (Å²) in [5.41, 5.74) is 0. The lowest BCUT2D eigenvalue weighted by atomic mass is 10.0. The van der Waals surface area contributed by atoms with Crippen molar-refractivity contribution in [1.29, 1.82) is 0 Å². The lowest BCUT2D eigenvalue weighted by Gasteiger charge is -2.22. The van der Waals surface area contributed by atoms with Crippen LogP contribution in [0.2, 0.25) is 0 Å². The summed E-state index contributed by atoms with van der Waals surface area (Å²) < 4.78 is 5.46. The molecule has 6 heteroatoms. The summed E-state index contributed by atoms with van der Waals surface area (Å²) in [6.07, 6.45) is 50.6. The number of esters is 1. The maximum absolute atomic E-state index is 12.4. The van der Waals surface area contributed by atoms with Crippen molar-refractivity contribution in [2.24, 2.45) is 0 Å². The van der Waals surface area contributed by atoms with E-state index in [9.17, 15) is 19.8 Å². The van der Waals surface area contributed by atoms with E-state index in [0.717, 1.165) is 57.8 Å². The van der Waals surface area contributed by atoms with Gasteiger partial charge in [-0.2, -0.15) is 0 Å². The number of amides is 1. The van der Waals surface area contributed by atoms with Gasteiger partial charge >= 0.3 is 5.97 Å². The fourth-order valence-electron chi connectivity index (χ4n) is 7.99. The highest BCUT2D eigenvalue weighted by Crippen LogP contribution is 2.17. The largest absolute Gasteiger partial charge is 0.466 e. The average molecular weight is 794 g/mol. The number of hydrogen-bond donors (Lipinski definition) is 3. The van der Waals surface area contributed by atoms with E-state index in [1.54, 1.807) is 0 Å². The molecule has 2 atom stereocenters. The number of hydrogen-bond acceptors (Lipinski definition) is 5. The van der Waals surface area contributed by atoms with Gasteiger partial charge in [-0.25, -0.2) is 0 Å². The van der Waals surface area contributed by atoms with Gasteiger partial charge in [0, 0.05) is 12.8 Å². The van der Waals surface area contributed by atoms with Crippen LogP contribution in [-0.2, 0) is 14.3 Å². The minimum atomic E-state index is -0.674. The number of nitrogens with one attached hydrogen (secondary N) is 1. The van der Waals surface area contributed by atoms with Crippen molar-refractivity contribution in [3.8, 4) is 0 Å². The van der Waals surface area contributed by atoms with Crippen molar-refractivity contribution < 1.29 is 24.5 Å². The molecular weight excluding hydrogens is 695 g/mol. The molecule has 0 aromatic carbocycles. The number of carbonyl (C=O) groups is 2. The van der Waals surface area contributed by atoms with Gasteiger partial charge in [0.2, 0.25) is 5.91 Å². The zero-order chi connectivity index (χ0) is 40.8. The van der Waals surface area contributed by atoms with E-state index in [4.69, 9.17) is 4.74 Å². The molecule has 0 aliphatic carbocycles. The molecule has 0 bridgehead atoms. The van der Waals surface area contributed by atoms with Crippen LogP contribution in [0.4, 0.5) is 0 Å². The van der Waals surface area contributed by atoms with Crippen molar-refractivity contribution in [3.63, 3.8) is 0 Å². The second-order valence-electron chi connectivity index (χ2n) is 17.5. The van der Waals surface area contributed by atoms with E-state index >= 15 is 0 Å². The second kappa shape index (κ2) is 46.5. The quantitative estimate of drug-likeness (QED) is 0.0421. The number of carbonyl (C=O) groups excluding carboxylic acids is 2. The summed E-state index contributed by atoms with van der Waals surface area (Å²) in [7, 11) is 0. The van der Waals surface area contributed by atoms with Gasteiger partial charge in [-0.15, -0.1) is 0 Å². The Hall–Kier alpha value is -1.14. The first-order chi connectivity index (χ1) is 27.5. The van der Waals surface area contributed by atoms with Crippen LogP contribution in [0.25, 0.3) is 0 Å². The van der Waals surface area contributed by atoms with Crippen molar-refractivity contribution in [2.75, 3.05) is 13.2 Å². The summed E-state index contributed by atoms with van der Waals surface area (Å²) in [5.74, 6) is -0.0627. The number of ether oxygens (including phenoxy) is 1. The maximum atomic E-state index is 12.4. The van der Waals surface area contributed by atoms with E-state index in [1.807, 2.05) is 0 Å². The Labute approximate surface area is 349 Å². The standard InChI is InChI=1S/C50H99NO5/c1-3-5-7-9-11-13-15-17-18-20-24-28-32-36-40-44-50(55)56-45-41-37-33-29-25-21-23-27-31-35-39-43-49(54)51-47(46-52)48(53)42-38-34-30-26-22-19-16-14-12-10-8-6-4-2/h47-48,52-53H,3-46H2,1-2H3,(H,51,54). The number of aliphatic hydroxyl groups excluding tert-OH is 2. The zero-order valence-corrected chi connectivity index (χ0v) is 37.9. The van der Waals surface area contributed by atoms with Crippen LogP contribution in [-0.4, -0.2) is 47.4 Å².